The molecule has 158 valence electrons. The van der Waals surface area contributed by atoms with E-state index in [-0.39, 0.29) is 19.4 Å². The van der Waals surface area contributed by atoms with E-state index in [9.17, 15) is 33.1 Å². The number of Topliss-reactive ketones (excluding diaryl/α,β-unsaturated/α-hetero) is 1. The molecular weight excluding hydrogens is 386 g/mol. The van der Waals surface area contributed by atoms with Crippen LogP contribution in [0.2, 0.25) is 0 Å². The number of rotatable bonds is 9. The minimum absolute atomic E-state index is 0.0120. The Hall–Kier alpha value is -2.84. The fraction of sp³-hybridized carbons (Fsp3) is 0.500. The van der Waals surface area contributed by atoms with Crippen LogP contribution in [0.5, 0.6) is 0 Å². The summed E-state index contributed by atoms with van der Waals surface area (Å²) in [7, 11) is 0. The van der Waals surface area contributed by atoms with Gasteiger partial charge in [0.05, 0.1) is 12.0 Å². The Labute approximate surface area is 167 Å². The second-order valence-corrected chi connectivity index (χ2v) is 7.07. The third kappa shape index (κ3) is 6.07. The van der Waals surface area contributed by atoms with Gasteiger partial charge in [0.2, 0.25) is 18.2 Å². The van der Waals surface area contributed by atoms with Crippen molar-refractivity contribution in [2.24, 2.45) is 5.92 Å². The zero-order valence-corrected chi connectivity index (χ0v) is 16.0. The quantitative estimate of drug-likeness (QED) is 0.644. The number of halogens is 2. The number of ketones is 1. The summed E-state index contributed by atoms with van der Waals surface area (Å²) in [6.45, 7) is 1.33. The average Bonchev–Trinajstić information content (AvgIpc) is 3.15. The van der Waals surface area contributed by atoms with Crippen molar-refractivity contribution in [1.82, 2.24) is 10.2 Å². The first-order chi connectivity index (χ1) is 13.7. The van der Waals surface area contributed by atoms with Gasteiger partial charge in [-0.2, -0.15) is 0 Å². The molecule has 2 N–H and O–H groups in total. The molecule has 1 fully saturated rings. The van der Waals surface area contributed by atoms with Gasteiger partial charge in [0.1, 0.15) is 6.04 Å². The van der Waals surface area contributed by atoms with Crippen LogP contribution in [0.15, 0.2) is 30.3 Å². The number of carbonyl (C=O) groups is 4. The molecule has 3 atom stereocenters. The van der Waals surface area contributed by atoms with Crippen LogP contribution in [-0.2, 0) is 25.6 Å². The summed E-state index contributed by atoms with van der Waals surface area (Å²) in [5.74, 6) is -5.42. The Morgan fingerprint density at radius 3 is 2.41 bits per heavy atom. The summed E-state index contributed by atoms with van der Waals surface area (Å²) >= 11 is 0. The molecule has 0 aromatic heterocycles. The maximum atomic E-state index is 13.7. The Kier molecular flexibility index (Phi) is 7.81. The number of hydrogen-bond acceptors (Lipinski definition) is 4. The summed E-state index contributed by atoms with van der Waals surface area (Å²) in [5, 5.41) is 11.6. The zero-order valence-electron chi connectivity index (χ0n) is 16.0. The largest absolute Gasteiger partial charge is 0.480 e. The predicted molar refractivity (Wildman–Crippen MR) is 99.2 cm³/mol. The topological polar surface area (TPSA) is 104 Å². The number of alkyl halides is 2. The van der Waals surface area contributed by atoms with Crippen molar-refractivity contribution >= 4 is 23.6 Å². The predicted octanol–water partition coefficient (Wildman–Crippen LogP) is 1.65. The number of amides is 2. The van der Waals surface area contributed by atoms with E-state index in [2.05, 4.69) is 5.32 Å². The minimum atomic E-state index is -3.12. The lowest BCUT2D eigenvalue weighted by molar-refractivity contribution is -0.150. The number of aliphatic carboxylic acids is 1. The van der Waals surface area contributed by atoms with Gasteiger partial charge in [-0.25, -0.2) is 13.6 Å². The molecule has 0 spiro atoms. The number of carboxylic acid groups (broad SMARTS) is 1. The molecule has 0 radical (unpaired) electrons. The molecule has 1 saturated heterocycles. The second-order valence-electron chi connectivity index (χ2n) is 7.07. The Balaban J connectivity index is 2.17. The van der Waals surface area contributed by atoms with Crippen molar-refractivity contribution in [1.29, 1.82) is 0 Å². The van der Waals surface area contributed by atoms with Crippen LogP contribution in [-0.4, -0.2) is 58.6 Å². The van der Waals surface area contributed by atoms with Crippen molar-refractivity contribution in [2.75, 3.05) is 6.54 Å². The smallest absolute Gasteiger partial charge is 0.326 e. The number of likely N-dealkylation sites (tertiary alicyclic amines) is 1. The van der Waals surface area contributed by atoms with E-state index < -0.39 is 54.4 Å². The SMILES string of the molecule is CC(=O)NC(Cc1ccccc1)C(=O)C(CC(=O)N1CCC[C@H]1C(=O)O)C(F)F. The molecule has 29 heavy (non-hydrogen) atoms. The molecule has 2 unspecified atom stereocenters. The van der Waals surface area contributed by atoms with E-state index >= 15 is 0 Å². The van der Waals surface area contributed by atoms with E-state index in [0.717, 1.165) is 4.90 Å². The van der Waals surface area contributed by atoms with Gasteiger partial charge in [-0.1, -0.05) is 30.3 Å². The van der Waals surface area contributed by atoms with Crippen molar-refractivity contribution in [3.8, 4) is 0 Å². The third-order valence-electron chi connectivity index (χ3n) is 4.93. The first-order valence-electron chi connectivity index (χ1n) is 9.36. The van der Waals surface area contributed by atoms with Gasteiger partial charge >= 0.3 is 5.97 Å². The van der Waals surface area contributed by atoms with Crippen molar-refractivity contribution < 1.29 is 33.1 Å². The van der Waals surface area contributed by atoms with Crippen molar-refractivity contribution in [2.45, 2.75) is 51.1 Å². The monoisotopic (exact) mass is 410 g/mol. The molecule has 0 saturated carbocycles. The summed E-state index contributed by atoms with van der Waals surface area (Å²) in [6, 6.07) is 6.32. The summed E-state index contributed by atoms with van der Waals surface area (Å²) < 4.78 is 27.3. The van der Waals surface area contributed by atoms with Gasteiger partial charge in [-0.05, 0) is 24.8 Å². The lowest BCUT2D eigenvalue weighted by Crippen LogP contribution is -2.48. The van der Waals surface area contributed by atoms with Gasteiger partial charge in [0.25, 0.3) is 0 Å². The lowest BCUT2D eigenvalue weighted by atomic mass is 9.90. The van der Waals surface area contributed by atoms with E-state index in [1.807, 2.05) is 0 Å². The lowest BCUT2D eigenvalue weighted by Gasteiger charge is -2.26. The molecule has 1 aromatic rings. The number of benzene rings is 1. The third-order valence-corrected chi connectivity index (χ3v) is 4.93. The van der Waals surface area contributed by atoms with Crippen LogP contribution in [0.25, 0.3) is 0 Å². The number of nitrogens with one attached hydrogen (secondary N) is 1. The fourth-order valence-corrected chi connectivity index (χ4v) is 3.52. The average molecular weight is 410 g/mol. The molecular formula is C20H24F2N2O5. The highest BCUT2D eigenvalue weighted by atomic mass is 19.3. The van der Waals surface area contributed by atoms with Crippen LogP contribution in [0.4, 0.5) is 8.78 Å². The van der Waals surface area contributed by atoms with Crippen LogP contribution >= 0.6 is 0 Å². The van der Waals surface area contributed by atoms with E-state index in [0.29, 0.717) is 12.0 Å². The molecule has 0 bridgehead atoms. The first-order valence-corrected chi connectivity index (χ1v) is 9.36. The highest BCUT2D eigenvalue weighted by Crippen LogP contribution is 2.24. The van der Waals surface area contributed by atoms with Gasteiger partial charge < -0.3 is 15.3 Å². The van der Waals surface area contributed by atoms with E-state index in [1.165, 1.54) is 6.92 Å². The first kappa shape index (κ1) is 22.4. The molecule has 0 aliphatic carbocycles. The maximum absolute atomic E-state index is 13.7. The van der Waals surface area contributed by atoms with Gasteiger partial charge in [-0.15, -0.1) is 0 Å². The van der Waals surface area contributed by atoms with E-state index in [1.54, 1.807) is 30.3 Å². The molecule has 1 aliphatic rings. The van der Waals surface area contributed by atoms with Crippen LogP contribution in [0, 0.1) is 5.92 Å². The van der Waals surface area contributed by atoms with Gasteiger partial charge in [0.15, 0.2) is 5.78 Å². The minimum Gasteiger partial charge on any atom is -0.480 e. The molecule has 1 heterocycles. The molecule has 2 amide bonds. The highest BCUT2D eigenvalue weighted by molar-refractivity contribution is 5.94. The number of carboxylic acids is 1. The normalized spacial score (nSPS) is 18.3. The Morgan fingerprint density at radius 1 is 1.21 bits per heavy atom. The molecule has 1 aromatic carbocycles. The van der Waals surface area contributed by atoms with Crippen LogP contribution < -0.4 is 5.32 Å². The van der Waals surface area contributed by atoms with Gasteiger partial charge in [0, 0.05) is 19.9 Å². The summed E-state index contributed by atoms with van der Waals surface area (Å²) in [6.07, 6.45) is -3.21. The van der Waals surface area contributed by atoms with Gasteiger partial charge in [-0.3, -0.25) is 14.4 Å². The van der Waals surface area contributed by atoms with Crippen molar-refractivity contribution in [3.63, 3.8) is 0 Å². The highest BCUT2D eigenvalue weighted by Gasteiger charge is 2.40. The summed E-state index contributed by atoms with van der Waals surface area (Å²) in [4.78, 5) is 49.1. The van der Waals surface area contributed by atoms with Crippen LogP contribution in [0.1, 0.15) is 31.7 Å². The van der Waals surface area contributed by atoms with Crippen LogP contribution in [0.3, 0.4) is 0 Å². The maximum Gasteiger partial charge on any atom is 0.326 e. The Bertz CT molecular complexity index is 756. The van der Waals surface area contributed by atoms with E-state index in [4.69, 9.17) is 0 Å². The standard InChI is InChI=1S/C20H24F2N2O5/c1-12(25)23-15(10-13-6-3-2-4-7-13)18(27)14(19(21)22)11-17(26)24-9-5-8-16(24)20(28)29/h2-4,6-7,14-16,19H,5,8-11H2,1H3,(H,23,25)(H,28,29)/t14?,15?,16-/m0/s1. The molecule has 7 nitrogen and oxygen atoms in total. The zero-order chi connectivity index (χ0) is 21.6. The number of nitrogens with zero attached hydrogens (tertiary/aromatic N) is 1. The Morgan fingerprint density at radius 2 is 1.86 bits per heavy atom. The van der Waals surface area contributed by atoms with Crippen molar-refractivity contribution in [3.05, 3.63) is 35.9 Å². The molecule has 1 aliphatic heterocycles. The number of hydrogen-bond donors (Lipinski definition) is 2. The number of carbonyl (C=O) groups excluding carboxylic acids is 3. The molecule has 2 rings (SSSR count). The second kappa shape index (κ2) is 10.1. The summed E-state index contributed by atoms with van der Waals surface area (Å²) in [5.41, 5.74) is 0.671. The molecule has 9 heteroatoms. The fourth-order valence-electron chi connectivity index (χ4n) is 3.52.